The molecule has 0 aliphatic carbocycles. The van der Waals surface area contributed by atoms with E-state index >= 15 is 0 Å². The molecule has 368 valence electrons. The van der Waals surface area contributed by atoms with Crippen molar-refractivity contribution in [2.24, 2.45) is 0 Å². The number of allylic oxidation sites excluding steroid dienone is 6. The molecule has 2 rings (SSSR count). The molecular formula is C49H88O14. The van der Waals surface area contributed by atoms with Crippen LogP contribution in [0.15, 0.2) is 36.5 Å². The summed E-state index contributed by atoms with van der Waals surface area (Å²) < 4.78 is 34.2. The van der Waals surface area contributed by atoms with Gasteiger partial charge in [-0.2, -0.15) is 0 Å². The van der Waals surface area contributed by atoms with Gasteiger partial charge in [0.25, 0.3) is 0 Å². The van der Waals surface area contributed by atoms with Crippen molar-refractivity contribution in [2.45, 2.75) is 235 Å². The Balaban J connectivity index is 1.80. The second-order valence-electron chi connectivity index (χ2n) is 17.3. The third-order valence-corrected chi connectivity index (χ3v) is 11.6. The van der Waals surface area contributed by atoms with E-state index in [1.165, 1.54) is 57.8 Å². The molecule has 2 saturated heterocycles. The number of carbonyl (C=O) groups is 1. The molecule has 63 heavy (non-hydrogen) atoms. The number of rotatable bonds is 38. The van der Waals surface area contributed by atoms with Gasteiger partial charge in [0.1, 0.15) is 54.9 Å². The highest BCUT2D eigenvalue weighted by molar-refractivity contribution is 5.69. The summed E-state index contributed by atoms with van der Waals surface area (Å²) in [6, 6.07) is 0. The Morgan fingerprint density at radius 2 is 1.00 bits per heavy atom. The van der Waals surface area contributed by atoms with Crippen LogP contribution in [-0.2, 0) is 33.2 Å². The van der Waals surface area contributed by atoms with E-state index in [0.29, 0.717) is 13.0 Å². The van der Waals surface area contributed by atoms with Crippen molar-refractivity contribution in [1.82, 2.24) is 0 Å². The van der Waals surface area contributed by atoms with Gasteiger partial charge in [-0.1, -0.05) is 134 Å². The minimum atomic E-state index is -1.71. The van der Waals surface area contributed by atoms with E-state index in [9.17, 15) is 40.5 Å². The van der Waals surface area contributed by atoms with E-state index in [4.69, 9.17) is 28.4 Å². The van der Waals surface area contributed by atoms with Crippen LogP contribution in [0.4, 0.5) is 0 Å². The highest BCUT2D eigenvalue weighted by Gasteiger charge is 2.47. The lowest BCUT2D eigenvalue weighted by Crippen LogP contribution is -2.61. The second-order valence-corrected chi connectivity index (χ2v) is 17.3. The number of aliphatic hydroxyl groups excluding tert-OH is 7. The van der Waals surface area contributed by atoms with Crippen LogP contribution in [-0.4, -0.2) is 142 Å². The highest BCUT2D eigenvalue weighted by Crippen LogP contribution is 2.26. The number of unbranched alkanes of at least 4 members (excludes halogenated alkanes) is 18. The molecule has 0 aromatic carbocycles. The van der Waals surface area contributed by atoms with Gasteiger partial charge in [0.15, 0.2) is 12.6 Å². The standard InChI is InChI=1S/C49H88O14/c1-3-5-7-9-11-13-15-17-19-21-23-25-27-29-31-33-58-35-38(61-41(51)32-30-28-26-24-22-20-18-16-14-12-10-8-6-4-2)36-59-48-47(57)45(55)43(53)40(63-48)37-60-49-46(56)44(54)42(52)39(34-50)62-49/h9,11,15-18,38-40,42-50,52-57H,3-8,10,12-14,19-37H2,1-2H3/b11-9-,17-15-,18-16-. The molecule has 11 atom stereocenters. The normalized spacial score (nSPS) is 27.3. The maximum Gasteiger partial charge on any atom is 0.306 e. The summed E-state index contributed by atoms with van der Waals surface area (Å²) in [7, 11) is 0. The topological polar surface area (TPSA) is 214 Å². The van der Waals surface area contributed by atoms with Crippen molar-refractivity contribution < 1.29 is 69.0 Å². The van der Waals surface area contributed by atoms with E-state index in [1.807, 2.05) is 0 Å². The lowest BCUT2D eigenvalue weighted by atomic mass is 9.98. The van der Waals surface area contributed by atoms with Gasteiger partial charge in [-0.15, -0.1) is 0 Å². The molecule has 0 aromatic rings. The number of hydrogen-bond donors (Lipinski definition) is 7. The second kappa shape index (κ2) is 37.3. The quantitative estimate of drug-likeness (QED) is 0.0197. The summed E-state index contributed by atoms with van der Waals surface area (Å²) in [4.78, 5) is 13.0. The fourth-order valence-corrected chi connectivity index (χ4v) is 7.53. The molecule has 2 heterocycles. The van der Waals surface area contributed by atoms with Crippen LogP contribution >= 0.6 is 0 Å². The molecule has 2 fully saturated rings. The first-order chi connectivity index (χ1) is 30.6. The number of aliphatic hydroxyl groups is 7. The SMILES string of the molecule is CCCC/C=C\C/C=C\CCCCCCCCOCC(COC1OC(COC2OC(CO)C(O)C(O)C2O)C(O)C(O)C1O)OC(=O)CCCCCCC/C=C\CCCCCCC. The van der Waals surface area contributed by atoms with E-state index in [1.54, 1.807) is 0 Å². The lowest BCUT2D eigenvalue weighted by molar-refractivity contribution is -0.332. The minimum Gasteiger partial charge on any atom is -0.457 e. The Labute approximate surface area is 379 Å². The molecule has 0 radical (unpaired) electrons. The van der Waals surface area contributed by atoms with Gasteiger partial charge in [0.2, 0.25) is 0 Å². The monoisotopic (exact) mass is 901 g/mol. The van der Waals surface area contributed by atoms with E-state index in [0.717, 1.165) is 83.5 Å². The van der Waals surface area contributed by atoms with Crippen LogP contribution in [0.3, 0.4) is 0 Å². The predicted octanol–water partition coefficient (Wildman–Crippen LogP) is 6.63. The third-order valence-electron chi connectivity index (χ3n) is 11.6. The molecule has 11 unspecified atom stereocenters. The van der Waals surface area contributed by atoms with Crippen molar-refractivity contribution in [3.63, 3.8) is 0 Å². The molecular weight excluding hydrogens is 813 g/mol. The summed E-state index contributed by atoms with van der Waals surface area (Å²) >= 11 is 0. The van der Waals surface area contributed by atoms with Gasteiger partial charge < -0.3 is 64.2 Å². The molecule has 0 aromatic heterocycles. The Morgan fingerprint density at radius 3 is 1.59 bits per heavy atom. The summed E-state index contributed by atoms with van der Waals surface area (Å²) in [6.07, 6.45) is 23.5. The molecule has 2 aliphatic heterocycles. The Kier molecular flexibility index (Phi) is 34.0. The molecule has 14 heteroatoms. The summed E-state index contributed by atoms with van der Waals surface area (Å²) in [5.41, 5.74) is 0. The third kappa shape index (κ3) is 25.6. The maximum absolute atomic E-state index is 13.0. The van der Waals surface area contributed by atoms with Crippen molar-refractivity contribution in [2.75, 3.05) is 33.0 Å². The number of carbonyl (C=O) groups excluding carboxylic acids is 1. The fraction of sp³-hybridized carbons (Fsp3) is 0.857. The van der Waals surface area contributed by atoms with Gasteiger partial charge in [-0.05, 0) is 64.2 Å². The molecule has 7 N–H and O–H groups in total. The van der Waals surface area contributed by atoms with Gasteiger partial charge in [-0.3, -0.25) is 4.79 Å². The average molecular weight is 901 g/mol. The Hall–Kier alpha value is -1.79. The molecule has 0 saturated carbocycles. The first kappa shape index (κ1) is 57.3. The van der Waals surface area contributed by atoms with Gasteiger partial charge in [0, 0.05) is 13.0 Å². The van der Waals surface area contributed by atoms with Crippen molar-refractivity contribution >= 4 is 5.97 Å². The average Bonchev–Trinajstić information content (AvgIpc) is 3.28. The number of hydrogen-bond acceptors (Lipinski definition) is 14. The molecule has 14 nitrogen and oxygen atoms in total. The zero-order chi connectivity index (χ0) is 45.9. The van der Waals surface area contributed by atoms with E-state index in [-0.39, 0.29) is 19.6 Å². The fourth-order valence-electron chi connectivity index (χ4n) is 7.53. The van der Waals surface area contributed by atoms with Crippen LogP contribution in [0.1, 0.15) is 168 Å². The van der Waals surface area contributed by atoms with E-state index in [2.05, 4.69) is 50.3 Å². The first-order valence-electron chi connectivity index (χ1n) is 24.6. The minimum absolute atomic E-state index is 0.0514. The summed E-state index contributed by atoms with van der Waals surface area (Å²) in [6.45, 7) is 3.59. The predicted molar refractivity (Wildman–Crippen MR) is 243 cm³/mol. The molecule has 0 bridgehead atoms. The molecule has 0 amide bonds. The maximum atomic E-state index is 13.0. The van der Waals surface area contributed by atoms with Crippen molar-refractivity contribution in [3.8, 4) is 0 Å². The van der Waals surface area contributed by atoms with Crippen molar-refractivity contribution in [3.05, 3.63) is 36.5 Å². The first-order valence-corrected chi connectivity index (χ1v) is 24.6. The van der Waals surface area contributed by atoms with E-state index < -0.39 is 86.7 Å². The number of esters is 1. The summed E-state index contributed by atoms with van der Waals surface area (Å²) in [5.74, 6) is -0.390. The smallest absolute Gasteiger partial charge is 0.306 e. The number of ether oxygens (including phenoxy) is 6. The summed E-state index contributed by atoms with van der Waals surface area (Å²) in [5, 5.41) is 72.0. The lowest BCUT2D eigenvalue weighted by Gasteiger charge is -2.42. The van der Waals surface area contributed by atoms with Crippen molar-refractivity contribution in [1.29, 1.82) is 0 Å². The highest BCUT2D eigenvalue weighted by atomic mass is 16.7. The van der Waals surface area contributed by atoms with Crippen LogP contribution in [0.2, 0.25) is 0 Å². The van der Waals surface area contributed by atoms with Gasteiger partial charge in [-0.25, -0.2) is 0 Å². The zero-order valence-corrected chi connectivity index (χ0v) is 38.8. The molecule has 0 spiro atoms. The van der Waals surface area contributed by atoms with Crippen LogP contribution in [0, 0.1) is 0 Å². The van der Waals surface area contributed by atoms with Gasteiger partial charge in [0.05, 0.1) is 26.4 Å². The largest absolute Gasteiger partial charge is 0.457 e. The Morgan fingerprint density at radius 1 is 0.524 bits per heavy atom. The van der Waals surface area contributed by atoms with Gasteiger partial charge >= 0.3 is 5.97 Å². The van der Waals surface area contributed by atoms with Crippen LogP contribution < -0.4 is 0 Å². The van der Waals surface area contributed by atoms with Crippen LogP contribution in [0.25, 0.3) is 0 Å². The van der Waals surface area contributed by atoms with Crippen LogP contribution in [0.5, 0.6) is 0 Å². The molecule has 2 aliphatic rings. The Bertz CT molecular complexity index is 1180. The zero-order valence-electron chi connectivity index (χ0n) is 38.8.